The SMILES string of the molecule is COc1cc(F)ccc1-c1c(O)c(C)c(C)c(O)c1C=CC(C)(C)O. The molecule has 0 aromatic heterocycles. The monoisotopic (exact) mass is 346 g/mol. The maximum absolute atomic E-state index is 13.5. The van der Waals surface area contributed by atoms with E-state index in [0.717, 1.165) is 0 Å². The molecule has 2 aromatic carbocycles. The first-order valence-electron chi connectivity index (χ1n) is 7.87. The molecule has 0 bridgehead atoms. The number of aliphatic hydroxyl groups is 1. The fourth-order valence-electron chi connectivity index (χ4n) is 2.58. The highest BCUT2D eigenvalue weighted by molar-refractivity contribution is 5.88. The van der Waals surface area contributed by atoms with Gasteiger partial charge in [0.1, 0.15) is 23.1 Å². The molecule has 4 nitrogen and oxygen atoms in total. The van der Waals surface area contributed by atoms with Gasteiger partial charge in [-0.3, -0.25) is 0 Å². The van der Waals surface area contributed by atoms with Gasteiger partial charge >= 0.3 is 0 Å². The molecule has 25 heavy (non-hydrogen) atoms. The Labute approximate surface area is 146 Å². The molecule has 5 heteroatoms. The highest BCUT2D eigenvalue weighted by Crippen LogP contribution is 2.46. The minimum Gasteiger partial charge on any atom is -0.507 e. The molecule has 3 N–H and O–H groups in total. The van der Waals surface area contributed by atoms with Crippen molar-refractivity contribution in [3.05, 3.63) is 46.8 Å². The first-order valence-corrected chi connectivity index (χ1v) is 7.87. The smallest absolute Gasteiger partial charge is 0.129 e. The molecule has 134 valence electrons. The number of phenols is 2. The van der Waals surface area contributed by atoms with E-state index in [9.17, 15) is 19.7 Å². The standard InChI is InChI=1S/C20H23FO4/c1-11-12(2)19(23)17(14-7-6-13(21)10-16(14)25-5)15(18(11)22)8-9-20(3,4)24/h6-10,22-24H,1-5H3. The second-order valence-corrected chi connectivity index (χ2v) is 6.57. The van der Waals surface area contributed by atoms with Crippen molar-refractivity contribution in [3.63, 3.8) is 0 Å². The maximum atomic E-state index is 13.5. The summed E-state index contributed by atoms with van der Waals surface area (Å²) < 4.78 is 18.8. The predicted octanol–water partition coefficient (Wildman–Crippen LogP) is 4.31. The molecule has 0 unspecified atom stereocenters. The van der Waals surface area contributed by atoms with Gasteiger partial charge in [0.15, 0.2) is 0 Å². The zero-order valence-corrected chi connectivity index (χ0v) is 15.0. The van der Waals surface area contributed by atoms with Crippen molar-refractivity contribution in [2.24, 2.45) is 0 Å². The average molecular weight is 346 g/mol. The lowest BCUT2D eigenvalue weighted by atomic mass is 9.90. The fraction of sp³-hybridized carbons (Fsp3) is 0.300. The molecule has 0 saturated heterocycles. The van der Waals surface area contributed by atoms with Crippen molar-refractivity contribution < 1.29 is 24.4 Å². The van der Waals surface area contributed by atoms with Crippen LogP contribution >= 0.6 is 0 Å². The highest BCUT2D eigenvalue weighted by Gasteiger charge is 2.22. The summed E-state index contributed by atoms with van der Waals surface area (Å²) in [7, 11) is 1.41. The van der Waals surface area contributed by atoms with Crippen LogP contribution in [0.2, 0.25) is 0 Å². The molecule has 0 fully saturated rings. The minimum absolute atomic E-state index is 0.0165. The van der Waals surface area contributed by atoms with Crippen LogP contribution in [0, 0.1) is 19.7 Å². The van der Waals surface area contributed by atoms with E-state index in [2.05, 4.69) is 0 Å². The van der Waals surface area contributed by atoms with Gasteiger partial charge in [-0.2, -0.15) is 0 Å². The van der Waals surface area contributed by atoms with E-state index in [4.69, 9.17) is 4.74 Å². The number of aromatic hydroxyl groups is 2. The number of hydrogen-bond donors (Lipinski definition) is 3. The van der Waals surface area contributed by atoms with Crippen molar-refractivity contribution >= 4 is 6.08 Å². The number of methoxy groups -OCH3 is 1. The van der Waals surface area contributed by atoms with Gasteiger partial charge in [-0.05, 0) is 51.0 Å². The Morgan fingerprint density at radius 2 is 1.68 bits per heavy atom. The van der Waals surface area contributed by atoms with Crippen LogP contribution in [0.3, 0.4) is 0 Å². The van der Waals surface area contributed by atoms with Crippen molar-refractivity contribution in [2.75, 3.05) is 7.11 Å². The summed E-state index contributed by atoms with van der Waals surface area (Å²) in [4.78, 5) is 0. The van der Waals surface area contributed by atoms with E-state index in [1.165, 1.54) is 31.4 Å². The van der Waals surface area contributed by atoms with Crippen LogP contribution in [0.15, 0.2) is 24.3 Å². The Bertz CT molecular complexity index is 833. The van der Waals surface area contributed by atoms with Gasteiger partial charge in [0.05, 0.1) is 12.7 Å². The van der Waals surface area contributed by atoms with Crippen molar-refractivity contribution in [2.45, 2.75) is 33.3 Å². The number of hydrogen-bond acceptors (Lipinski definition) is 4. The third-order valence-electron chi connectivity index (χ3n) is 4.12. The summed E-state index contributed by atoms with van der Waals surface area (Å²) >= 11 is 0. The molecule has 0 aliphatic heterocycles. The van der Waals surface area contributed by atoms with Crippen LogP contribution in [-0.2, 0) is 0 Å². The second kappa shape index (κ2) is 6.76. The summed E-state index contributed by atoms with van der Waals surface area (Å²) in [6, 6.07) is 3.95. The van der Waals surface area contributed by atoms with Crippen LogP contribution < -0.4 is 4.74 Å². The number of ether oxygens (including phenoxy) is 1. The van der Waals surface area contributed by atoms with Crippen LogP contribution in [0.25, 0.3) is 17.2 Å². The van der Waals surface area contributed by atoms with Crippen LogP contribution in [0.4, 0.5) is 4.39 Å². The summed E-state index contributed by atoms with van der Waals surface area (Å²) in [5, 5.41) is 31.3. The third-order valence-corrected chi connectivity index (χ3v) is 4.12. The molecule has 0 heterocycles. The number of phenolic OH excluding ortho intramolecular Hbond substituents is 2. The van der Waals surface area contributed by atoms with Gasteiger partial charge in [0.25, 0.3) is 0 Å². The summed E-state index contributed by atoms with van der Waals surface area (Å²) in [5.74, 6) is -0.287. The largest absolute Gasteiger partial charge is 0.507 e. The molecule has 2 rings (SSSR count). The van der Waals surface area contributed by atoms with Gasteiger partial charge in [-0.25, -0.2) is 4.39 Å². The molecule has 0 aliphatic carbocycles. The molecule has 0 atom stereocenters. The van der Waals surface area contributed by atoms with Crippen LogP contribution in [0.1, 0.15) is 30.5 Å². The highest BCUT2D eigenvalue weighted by atomic mass is 19.1. The Hall–Kier alpha value is -2.53. The normalized spacial score (nSPS) is 12.0. The van der Waals surface area contributed by atoms with E-state index in [1.54, 1.807) is 33.8 Å². The molecule has 0 spiro atoms. The first kappa shape index (κ1) is 18.8. The Morgan fingerprint density at radius 3 is 2.24 bits per heavy atom. The average Bonchev–Trinajstić information content (AvgIpc) is 2.54. The molecule has 0 aliphatic rings. The van der Waals surface area contributed by atoms with Gasteiger partial charge in [-0.1, -0.05) is 12.2 Å². The number of rotatable bonds is 4. The zero-order valence-electron chi connectivity index (χ0n) is 15.0. The van der Waals surface area contributed by atoms with Gasteiger partial charge in [0.2, 0.25) is 0 Å². The Morgan fingerprint density at radius 1 is 1.08 bits per heavy atom. The molecule has 0 saturated carbocycles. The van der Waals surface area contributed by atoms with E-state index in [0.29, 0.717) is 27.8 Å². The molecule has 0 radical (unpaired) electrons. The van der Waals surface area contributed by atoms with E-state index in [-0.39, 0.29) is 17.2 Å². The molecular formula is C20H23FO4. The molecule has 0 amide bonds. The summed E-state index contributed by atoms with van der Waals surface area (Å²) in [6.07, 6.45) is 3.05. The van der Waals surface area contributed by atoms with Gasteiger partial charge in [-0.15, -0.1) is 0 Å². The first-order chi connectivity index (χ1) is 11.6. The summed E-state index contributed by atoms with van der Waals surface area (Å²) in [5.41, 5.74) is 1.02. The quantitative estimate of drug-likeness (QED) is 0.722. The summed E-state index contributed by atoms with van der Waals surface area (Å²) in [6.45, 7) is 6.57. The van der Waals surface area contributed by atoms with Crippen LogP contribution in [0.5, 0.6) is 17.2 Å². The van der Waals surface area contributed by atoms with Crippen LogP contribution in [-0.4, -0.2) is 28.0 Å². The van der Waals surface area contributed by atoms with Gasteiger partial charge in [0, 0.05) is 22.8 Å². The lowest BCUT2D eigenvalue weighted by Gasteiger charge is -2.19. The van der Waals surface area contributed by atoms with E-state index >= 15 is 0 Å². The lowest BCUT2D eigenvalue weighted by molar-refractivity contribution is 0.134. The molecular weight excluding hydrogens is 323 g/mol. The maximum Gasteiger partial charge on any atom is 0.129 e. The number of halogens is 1. The topological polar surface area (TPSA) is 69.9 Å². The molecule has 2 aromatic rings. The number of benzene rings is 2. The van der Waals surface area contributed by atoms with Crippen molar-refractivity contribution in [1.29, 1.82) is 0 Å². The minimum atomic E-state index is -1.11. The lowest BCUT2D eigenvalue weighted by Crippen LogP contribution is -2.13. The second-order valence-electron chi connectivity index (χ2n) is 6.57. The predicted molar refractivity (Wildman–Crippen MR) is 96.5 cm³/mol. The van der Waals surface area contributed by atoms with Gasteiger partial charge < -0.3 is 20.1 Å². The van der Waals surface area contributed by atoms with Crippen molar-refractivity contribution in [3.8, 4) is 28.4 Å². The van der Waals surface area contributed by atoms with E-state index in [1.807, 2.05) is 0 Å². The zero-order chi connectivity index (χ0) is 18.9. The third kappa shape index (κ3) is 3.77. The fourth-order valence-corrected chi connectivity index (χ4v) is 2.58. The Balaban J connectivity index is 2.87. The van der Waals surface area contributed by atoms with E-state index < -0.39 is 11.4 Å². The Kier molecular flexibility index (Phi) is 5.09. The van der Waals surface area contributed by atoms with Crippen molar-refractivity contribution in [1.82, 2.24) is 0 Å².